The number of benzene rings is 2. The van der Waals surface area contributed by atoms with Gasteiger partial charge in [-0.2, -0.15) is 0 Å². The molecule has 0 aromatic heterocycles. The molecule has 23 heavy (non-hydrogen) atoms. The minimum Gasteiger partial charge on any atom is -0.373 e. The molecule has 4 nitrogen and oxygen atoms in total. The summed E-state index contributed by atoms with van der Waals surface area (Å²) in [7, 11) is 1.09. The van der Waals surface area contributed by atoms with Crippen LogP contribution in [0.2, 0.25) is 0 Å². The third-order valence-electron chi connectivity index (χ3n) is 3.49. The molecule has 1 atom stereocenters. The Morgan fingerprint density at radius 3 is 2.57 bits per heavy atom. The van der Waals surface area contributed by atoms with Crippen LogP contribution in [0.3, 0.4) is 0 Å². The molecule has 0 radical (unpaired) electrons. The van der Waals surface area contributed by atoms with Crippen molar-refractivity contribution < 1.29 is 9.00 Å². The molecule has 1 amide bonds. The van der Waals surface area contributed by atoms with Gasteiger partial charge in [-0.25, -0.2) is 0 Å². The Hall–Kier alpha value is -2.14. The highest BCUT2D eigenvalue weighted by Gasteiger charge is 2.07. The molecule has 1 N–H and O–H groups in total. The predicted molar refractivity (Wildman–Crippen MR) is 96.3 cm³/mol. The first-order valence-corrected chi connectivity index (χ1v) is 9.22. The standard InChI is InChI=1S/C18H22N2O2S/c1-20(17-9-4-3-5-10-17)12-11-19-18(21)16-8-6-7-15(13-16)14-23(2)22/h3-10,13H,11-12,14H2,1-2H3,(H,19,21). The van der Waals surface area contributed by atoms with Crippen LogP contribution >= 0.6 is 0 Å². The summed E-state index contributed by atoms with van der Waals surface area (Å²) in [5, 5.41) is 2.92. The first kappa shape index (κ1) is 17.2. The van der Waals surface area contributed by atoms with Gasteiger partial charge < -0.3 is 10.2 Å². The number of para-hydroxylation sites is 1. The summed E-state index contributed by atoms with van der Waals surface area (Å²) in [6, 6.07) is 17.3. The number of likely N-dealkylation sites (N-methyl/N-ethyl adjacent to an activating group) is 1. The van der Waals surface area contributed by atoms with Crippen molar-refractivity contribution in [1.82, 2.24) is 5.32 Å². The summed E-state index contributed by atoms with van der Waals surface area (Å²) < 4.78 is 11.3. The molecule has 0 aliphatic carbocycles. The Bertz CT molecular complexity index is 674. The molecule has 1 unspecified atom stereocenters. The highest BCUT2D eigenvalue weighted by molar-refractivity contribution is 7.83. The molecule has 0 aliphatic heterocycles. The lowest BCUT2D eigenvalue weighted by molar-refractivity contribution is 0.0954. The van der Waals surface area contributed by atoms with Gasteiger partial charge in [0.05, 0.1) is 0 Å². The maximum Gasteiger partial charge on any atom is 0.251 e. The van der Waals surface area contributed by atoms with Crippen molar-refractivity contribution in [2.45, 2.75) is 5.75 Å². The number of amides is 1. The maximum atomic E-state index is 12.2. The van der Waals surface area contributed by atoms with Gasteiger partial charge in [0.25, 0.3) is 5.91 Å². The predicted octanol–water partition coefficient (Wildman–Crippen LogP) is 2.43. The molecule has 0 spiro atoms. The van der Waals surface area contributed by atoms with Crippen LogP contribution in [-0.4, -0.2) is 36.5 Å². The third-order valence-corrected chi connectivity index (χ3v) is 4.23. The van der Waals surface area contributed by atoms with Crippen molar-refractivity contribution in [3.63, 3.8) is 0 Å². The fourth-order valence-electron chi connectivity index (χ4n) is 2.29. The highest BCUT2D eigenvalue weighted by atomic mass is 32.2. The molecule has 5 heteroatoms. The summed E-state index contributed by atoms with van der Waals surface area (Å²) in [5.41, 5.74) is 2.64. The summed E-state index contributed by atoms with van der Waals surface area (Å²) in [6.45, 7) is 1.29. The molecule has 0 bridgehead atoms. The van der Waals surface area contributed by atoms with Crippen molar-refractivity contribution in [1.29, 1.82) is 0 Å². The van der Waals surface area contributed by atoms with E-state index < -0.39 is 10.8 Å². The van der Waals surface area contributed by atoms with Gasteiger partial charge >= 0.3 is 0 Å². The second kappa shape index (κ2) is 8.48. The van der Waals surface area contributed by atoms with Crippen molar-refractivity contribution in [3.05, 3.63) is 65.7 Å². The second-order valence-corrected chi connectivity index (χ2v) is 6.87. The highest BCUT2D eigenvalue weighted by Crippen LogP contribution is 2.10. The minimum atomic E-state index is -0.909. The van der Waals surface area contributed by atoms with Crippen molar-refractivity contribution in [3.8, 4) is 0 Å². The zero-order valence-electron chi connectivity index (χ0n) is 13.5. The van der Waals surface area contributed by atoms with E-state index in [1.165, 1.54) is 0 Å². The number of carbonyl (C=O) groups excluding carboxylic acids is 1. The average molecular weight is 330 g/mol. The smallest absolute Gasteiger partial charge is 0.251 e. The van der Waals surface area contributed by atoms with Crippen LogP contribution < -0.4 is 10.2 Å². The topological polar surface area (TPSA) is 49.4 Å². The van der Waals surface area contributed by atoms with E-state index in [4.69, 9.17) is 0 Å². The fraction of sp³-hybridized carbons (Fsp3) is 0.278. The van der Waals surface area contributed by atoms with Crippen molar-refractivity contribution in [2.75, 3.05) is 31.3 Å². The number of hydrogen-bond acceptors (Lipinski definition) is 3. The molecule has 122 valence electrons. The average Bonchev–Trinajstić information content (AvgIpc) is 2.55. The van der Waals surface area contributed by atoms with Gasteiger partial charge in [-0.15, -0.1) is 0 Å². The van der Waals surface area contributed by atoms with Crippen LogP contribution in [0.25, 0.3) is 0 Å². The monoisotopic (exact) mass is 330 g/mol. The number of anilines is 1. The number of rotatable bonds is 7. The Labute approximate surface area is 140 Å². The molecule has 2 aromatic rings. The number of nitrogens with zero attached hydrogens (tertiary/aromatic N) is 1. The molecule has 0 heterocycles. The van der Waals surface area contributed by atoms with E-state index in [1.807, 2.05) is 49.5 Å². The quantitative estimate of drug-likeness (QED) is 0.848. The lowest BCUT2D eigenvalue weighted by Gasteiger charge is -2.19. The van der Waals surface area contributed by atoms with Crippen LogP contribution in [-0.2, 0) is 16.6 Å². The largest absolute Gasteiger partial charge is 0.373 e. The molecule has 2 rings (SSSR count). The van der Waals surface area contributed by atoms with E-state index in [0.717, 1.165) is 17.8 Å². The zero-order valence-corrected chi connectivity index (χ0v) is 14.3. The van der Waals surface area contributed by atoms with E-state index >= 15 is 0 Å². The summed E-state index contributed by atoms with van der Waals surface area (Å²) in [5.74, 6) is 0.368. The van der Waals surface area contributed by atoms with Gasteiger partial charge in [0.1, 0.15) is 0 Å². The molecular weight excluding hydrogens is 308 g/mol. The maximum absolute atomic E-state index is 12.2. The van der Waals surface area contributed by atoms with Crippen molar-refractivity contribution in [2.24, 2.45) is 0 Å². The summed E-state index contributed by atoms with van der Waals surface area (Å²) in [6.07, 6.45) is 1.66. The summed E-state index contributed by atoms with van der Waals surface area (Å²) >= 11 is 0. The zero-order chi connectivity index (χ0) is 16.7. The lowest BCUT2D eigenvalue weighted by Crippen LogP contribution is -2.33. The van der Waals surface area contributed by atoms with Gasteiger partial charge in [0.15, 0.2) is 0 Å². The fourth-order valence-corrected chi connectivity index (χ4v) is 2.94. The molecule has 0 aliphatic rings. The molecule has 0 saturated heterocycles. The van der Waals surface area contributed by atoms with Crippen LogP contribution in [0.5, 0.6) is 0 Å². The summed E-state index contributed by atoms with van der Waals surface area (Å²) in [4.78, 5) is 14.3. The van der Waals surface area contributed by atoms with Gasteiger partial charge in [0, 0.05) is 54.2 Å². The van der Waals surface area contributed by atoms with E-state index in [9.17, 15) is 9.00 Å². The van der Waals surface area contributed by atoms with Crippen LogP contribution in [0, 0.1) is 0 Å². The van der Waals surface area contributed by atoms with E-state index in [-0.39, 0.29) is 5.91 Å². The third kappa shape index (κ3) is 5.53. The number of hydrogen-bond donors (Lipinski definition) is 1. The van der Waals surface area contributed by atoms with Gasteiger partial charge in [-0.1, -0.05) is 30.3 Å². The number of carbonyl (C=O) groups is 1. The van der Waals surface area contributed by atoms with Crippen molar-refractivity contribution >= 4 is 22.4 Å². The molecular formula is C18H22N2O2S. The lowest BCUT2D eigenvalue weighted by atomic mass is 10.1. The van der Waals surface area contributed by atoms with Gasteiger partial charge in [-0.3, -0.25) is 9.00 Å². The van der Waals surface area contributed by atoms with Crippen LogP contribution in [0.4, 0.5) is 5.69 Å². The second-order valence-electron chi connectivity index (χ2n) is 5.43. The first-order chi connectivity index (χ1) is 11.1. The Morgan fingerprint density at radius 2 is 1.87 bits per heavy atom. The Morgan fingerprint density at radius 1 is 1.13 bits per heavy atom. The normalized spacial score (nSPS) is 11.7. The van der Waals surface area contributed by atoms with E-state index in [1.54, 1.807) is 18.4 Å². The SMILES string of the molecule is CN(CCNC(=O)c1cccc(CS(C)=O)c1)c1ccccc1. The molecule has 0 saturated carbocycles. The van der Waals surface area contributed by atoms with Crippen LogP contribution in [0.1, 0.15) is 15.9 Å². The minimum absolute atomic E-state index is 0.102. The Kier molecular flexibility index (Phi) is 6.35. The molecule has 2 aromatic carbocycles. The van der Waals surface area contributed by atoms with Gasteiger partial charge in [0.2, 0.25) is 0 Å². The van der Waals surface area contributed by atoms with E-state index in [2.05, 4.69) is 10.2 Å². The van der Waals surface area contributed by atoms with E-state index in [0.29, 0.717) is 17.9 Å². The molecule has 0 fully saturated rings. The first-order valence-electron chi connectivity index (χ1n) is 7.49. The number of nitrogens with one attached hydrogen (secondary N) is 1. The Balaban J connectivity index is 1.86. The van der Waals surface area contributed by atoms with Crippen LogP contribution in [0.15, 0.2) is 54.6 Å². The van der Waals surface area contributed by atoms with Gasteiger partial charge in [-0.05, 0) is 29.8 Å².